The molecule has 0 radical (unpaired) electrons. The van der Waals surface area contributed by atoms with E-state index in [4.69, 9.17) is 9.84 Å². The van der Waals surface area contributed by atoms with Crippen molar-refractivity contribution < 1.29 is 27.9 Å². The first kappa shape index (κ1) is 18.1. The van der Waals surface area contributed by atoms with Crippen LogP contribution in [0.3, 0.4) is 0 Å². The number of rotatable bonds is 5. The van der Waals surface area contributed by atoms with Crippen LogP contribution in [0.25, 0.3) is 0 Å². The lowest BCUT2D eigenvalue weighted by atomic mass is 10.2. The topological polar surface area (TPSA) is 148 Å². The first-order valence-corrected chi connectivity index (χ1v) is 8.27. The van der Waals surface area contributed by atoms with Crippen molar-refractivity contribution in [3.8, 4) is 5.88 Å². The molecule has 132 valence electrons. The summed E-state index contributed by atoms with van der Waals surface area (Å²) in [5, 5.41) is 11.2. The third-order valence-corrected chi connectivity index (χ3v) is 4.29. The molecule has 11 heteroatoms. The van der Waals surface area contributed by atoms with Crippen LogP contribution in [0.5, 0.6) is 5.88 Å². The Labute approximate surface area is 142 Å². The Morgan fingerprint density at radius 2 is 1.88 bits per heavy atom. The van der Waals surface area contributed by atoms with E-state index in [-0.39, 0.29) is 11.8 Å². The maximum Gasteiger partial charge on any atom is 0.337 e. The van der Waals surface area contributed by atoms with Crippen LogP contribution in [0.15, 0.2) is 35.2 Å². The SMILES string of the molecule is COc1cc(C)nc(NC(=O)NS(=O)(=O)c2ccccc2C(=O)O)n1. The molecule has 0 saturated carbocycles. The number of urea groups is 1. The lowest BCUT2D eigenvalue weighted by Crippen LogP contribution is -2.35. The summed E-state index contributed by atoms with van der Waals surface area (Å²) in [4.78, 5) is 30.3. The zero-order valence-corrected chi connectivity index (χ0v) is 14.0. The van der Waals surface area contributed by atoms with E-state index in [0.29, 0.717) is 5.69 Å². The molecule has 3 N–H and O–H groups in total. The quantitative estimate of drug-likeness (QED) is 0.710. The highest BCUT2D eigenvalue weighted by Gasteiger charge is 2.24. The summed E-state index contributed by atoms with van der Waals surface area (Å²) in [6.07, 6.45) is 0. The van der Waals surface area contributed by atoms with E-state index in [9.17, 15) is 18.0 Å². The van der Waals surface area contributed by atoms with Gasteiger partial charge in [0.05, 0.1) is 12.7 Å². The number of amides is 2. The Kier molecular flexibility index (Phi) is 5.17. The monoisotopic (exact) mass is 366 g/mol. The van der Waals surface area contributed by atoms with Crippen molar-refractivity contribution in [1.82, 2.24) is 14.7 Å². The molecule has 0 saturated heterocycles. The van der Waals surface area contributed by atoms with Gasteiger partial charge < -0.3 is 9.84 Å². The van der Waals surface area contributed by atoms with Gasteiger partial charge in [0.1, 0.15) is 4.90 Å². The average Bonchev–Trinajstić information content (AvgIpc) is 2.53. The van der Waals surface area contributed by atoms with Gasteiger partial charge in [-0.2, -0.15) is 4.98 Å². The molecule has 0 atom stereocenters. The van der Waals surface area contributed by atoms with E-state index < -0.39 is 32.5 Å². The van der Waals surface area contributed by atoms with Crippen molar-refractivity contribution in [3.05, 3.63) is 41.6 Å². The number of sulfonamides is 1. The van der Waals surface area contributed by atoms with Crippen molar-refractivity contribution in [1.29, 1.82) is 0 Å². The number of aromatic nitrogens is 2. The van der Waals surface area contributed by atoms with Crippen molar-refractivity contribution in [2.24, 2.45) is 0 Å². The van der Waals surface area contributed by atoms with Gasteiger partial charge in [0.15, 0.2) is 0 Å². The number of carboxylic acids is 1. The van der Waals surface area contributed by atoms with Gasteiger partial charge in [-0.05, 0) is 19.1 Å². The van der Waals surface area contributed by atoms with E-state index in [1.165, 1.54) is 25.3 Å². The van der Waals surface area contributed by atoms with Gasteiger partial charge in [0, 0.05) is 11.8 Å². The number of carbonyl (C=O) groups excluding carboxylic acids is 1. The number of hydrogen-bond donors (Lipinski definition) is 3. The standard InChI is InChI=1S/C14H14N4O6S/c1-8-7-11(24-2)16-13(15-8)17-14(21)18-25(22,23)10-6-4-3-5-9(10)12(19)20/h3-7H,1-2H3,(H,19,20)(H2,15,16,17,18,21). The second-order valence-corrected chi connectivity index (χ2v) is 6.39. The van der Waals surface area contributed by atoms with Crippen LogP contribution < -0.4 is 14.8 Å². The molecule has 1 aromatic heterocycles. The minimum Gasteiger partial charge on any atom is -0.481 e. The fourth-order valence-electron chi connectivity index (χ4n) is 1.88. The van der Waals surface area contributed by atoms with Gasteiger partial charge in [-0.1, -0.05) is 12.1 Å². The summed E-state index contributed by atoms with van der Waals surface area (Å²) in [6.45, 7) is 1.63. The van der Waals surface area contributed by atoms with Crippen LogP contribution in [0.4, 0.5) is 10.7 Å². The van der Waals surface area contributed by atoms with Crippen molar-refractivity contribution in [2.75, 3.05) is 12.4 Å². The average molecular weight is 366 g/mol. The summed E-state index contributed by atoms with van der Waals surface area (Å²) in [6, 6.07) is 5.27. The summed E-state index contributed by atoms with van der Waals surface area (Å²) < 4.78 is 31.1. The van der Waals surface area contributed by atoms with Gasteiger partial charge in [-0.25, -0.2) is 27.7 Å². The fraction of sp³-hybridized carbons (Fsp3) is 0.143. The maximum absolute atomic E-state index is 12.2. The Morgan fingerprint density at radius 1 is 1.20 bits per heavy atom. The third-order valence-electron chi connectivity index (χ3n) is 2.90. The zero-order valence-electron chi connectivity index (χ0n) is 13.2. The number of ether oxygens (including phenoxy) is 1. The number of nitrogens with one attached hydrogen (secondary N) is 2. The highest BCUT2D eigenvalue weighted by molar-refractivity contribution is 7.90. The van der Waals surface area contributed by atoms with Crippen LogP contribution >= 0.6 is 0 Å². The lowest BCUT2D eigenvalue weighted by molar-refractivity contribution is 0.0692. The molecule has 0 aliphatic rings. The summed E-state index contributed by atoms with van der Waals surface area (Å²) >= 11 is 0. The predicted octanol–water partition coefficient (Wildman–Crippen LogP) is 1.00. The number of benzene rings is 1. The van der Waals surface area contributed by atoms with Gasteiger partial charge in [-0.15, -0.1) is 0 Å². The Hall–Kier alpha value is -3.21. The molecule has 0 aliphatic carbocycles. The maximum atomic E-state index is 12.2. The molecule has 0 spiro atoms. The first-order valence-electron chi connectivity index (χ1n) is 6.78. The highest BCUT2D eigenvalue weighted by atomic mass is 32.2. The minimum absolute atomic E-state index is 0.170. The van der Waals surface area contributed by atoms with Crippen molar-refractivity contribution in [2.45, 2.75) is 11.8 Å². The molecular formula is C14H14N4O6S. The van der Waals surface area contributed by atoms with Crippen LogP contribution in [0, 0.1) is 6.92 Å². The minimum atomic E-state index is -4.41. The van der Waals surface area contributed by atoms with E-state index in [2.05, 4.69) is 15.3 Å². The highest BCUT2D eigenvalue weighted by Crippen LogP contribution is 2.16. The number of hydrogen-bond acceptors (Lipinski definition) is 7. The van der Waals surface area contributed by atoms with Crippen molar-refractivity contribution >= 4 is 28.0 Å². The summed E-state index contributed by atoms with van der Waals surface area (Å²) in [5.41, 5.74) is 0.0255. The predicted molar refractivity (Wildman–Crippen MR) is 86.1 cm³/mol. The summed E-state index contributed by atoms with van der Waals surface area (Å²) in [5.74, 6) is -1.42. The van der Waals surface area contributed by atoms with Gasteiger partial charge in [-0.3, -0.25) is 5.32 Å². The largest absolute Gasteiger partial charge is 0.481 e. The number of carboxylic acid groups (broad SMARTS) is 1. The second kappa shape index (κ2) is 7.13. The van der Waals surface area contributed by atoms with Crippen LogP contribution in [-0.4, -0.2) is 42.6 Å². The zero-order chi connectivity index (χ0) is 18.6. The third kappa shape index (κ3) is 4.41. The first-order chi connectivity index (χ1) is 11.7. The number of nitrogens with zero attached hydrogens (tertiary/aromatic N) is 2. The Bertz CT molecular complexity index is 929. The van der Waals surface area contributed by atoms with E-state index in [1.54, 1.807) is 11.6 Å². The van der Waals surface area contributed by atoms with E-state index in [1.807, 2.05) is 0 Å². The Morgan fingerprint density at radius 3 is 2.52 bits per heavy atom. The second-order valence-electron chi connectivity index (χ2n) is 4.74. The molecule has 25 heavy (non-hydrogen) atoms. The molecular weight excluding hydrogens is 352 g/mol. The van der Waals surface area contributed by atoms with Crippen molar-refractivity contribution in [3.63, 3.8) is 0 Å². The number of anilines is 1. The molecule has 2 aromatic rings. The smallest absolute Gasteiger partial charge is 0.337 e. The number of aryl methyl sites for hydroxylation is 1. The number of methoxy groups -OCH3 is 1. The van der Waals surface area contributed by atoms with Gasteiger partial charge >= 0.3 is 12.0 Å². The van der Waals surface area contributed by atoms with E-state index in [0.717, 1.165) is 12.1 Å². The fourth-order valence-corrected chi connectivity index (χ4v) is 2.99. The molecule has 1 aromatic carbocycles. The summed E-state index contributed by atoms with van der Waals surface area (Å²) in [7, 11) is -3.04. The molecule has 1 heterocycles. The molecule has 2 amide bonds. The van der Waals surface area contributed by atoms with Crippen LogP contribution in [-0.2, 0) is 10.0 Å². The molecule has 0 bridgehead atoms. The number of carbonyl (C=O) groups is 2. The van der Waals surface area contributed by atoms with Gasteiger partial charge in [0.2, 0.25) is 11.8 Å². The Balaban J connectivity index is 2.23. The molecule has 10 nitrogen and oxygen atoms in total. The molecule has 0 aliphatic heterocycles. The van der Waals surface area contributed by atoms with Gasteiger partial charge in [0.25, 0.3) is 10.0 Å². The molecule has 0 fully saturated rings. The molecule has 2 rings (SSSR count). The lowest BCUT2D eigenvalue weighted by Gasteiger charge is -2.10. The van der Waals surface area contributed by atoms with Crippen LogP contribution in [0.2, 0.25) is 0 Å². The van der Waals surface area contributed by atoms with Crippen LogP contribution in [0.1, 0.15) is 16.1 Å². The number of aromatic carboxylic acids is 1. The molecule has 0 unspecified atom stereocenters. The normalized spacial score (nSPS) is 10.8. The van der Waals surface area contributed by atoms with E-state index >= 15 is 0 Å².